The first-order valence-corrected chi connectivity index (χ1v) is 9.44. The normalized spacial score (nSPS) is 28.3. The maximum Gasteiger partial charge on any atom is 0.154 e. The molecule has 4 rings (SSSR count). The van der Waals surface area contributed by atoms with Crippen molar-refractivity contribution in [3.8, 4) is 0 Å². The standard InChI is InChI=1S/C19H19F2N3OS/c1-11-6-12(4-5-23-11)17-7-13-9-26-18(22)24-19(13,10-25-17)15-3-2-14(20)8-16(15)21/h2-6,8,13,17H,7,9-10H2,1H3,(H2,22,24). The van der Waals surface area contributed by atoms with Crippen LogP contribution in [0.5, 0.6) is 0 Å². The van der Waals surface area contributed by atoms with Gasteiger partial charge >= 0.3 is 0 Å². The molecular formula is C19H19F2N3OS. The molecule has 4 nitrogen and oxygen atoms in total. The van der Waals surface area contributed by atoms with Crippen molar-refractivity contribution in [1.29, 1.82) is 0 Å². The zero-order valence-corrected chi connectivity index (χ0v) is 15.1. The molecule has 2 aliphatic heterocycles. The van der Waals surface area contributed by atoms with Crippen molar-refractivity contribution in [3.63, 3.8) is 0 Å². The summed E-state index contributed by atoms with van der Waals surface area (Å²) >= 11 is 1.47. The highest BCUT2D eigenvalue weighted by Crippen LogP contribution is 2.49. The van der Waals surface area contributed by atoms with E-state index in [-0.39, 0.29) is 18.6 Å². The van der Waals surface area contributed by atoms with Gasteiger partial charge in [0.05, 0.1) is 12.7 Å². The summed E-state index contributed by atoms with van der Waals surface area (Å²) in [4.78, 5) is 8.82. The minimum atomic E-state index is -0.911. The Morgan fingerprint density at radius 1 is 1.27 bits per heavy atom. The lowest BCUT2D eigenvalue weighted by Gasteiger charge is -2.46. The summed E-state index contributed by atoms with van der Waals surface area (Å²) in [5.74, 6) is -0.466. The summed E-state index contributed by atoms with van der Waals surface area (Å²) in [5.41, 5.74) is 7.37. The predicted octanol–water partition coefficient (Wildman–Crippen LogP) is 3.70. The molecule has 3 atom stereocenters. The first kappa shape index (κ1) is 17.4. The second-order valence-corrected chi connectivity index (χ2v) is 7.81. The van der Waals surface area contributed by atoms with Gasteiger partial charge < -0.3 is 10.5 Å². The molecule has 0 aliphatic carbocycles. The molecule has 7 heteroatoms. The second kappa shape index (κ2) is 6.63. The molecule has 2 aliphatic rings. The molecule has 26 heavy (non-hydrogen) atoms. The van der Waals surface area contributed by atoms with Gasteiger partial charge in [0.25, 0.3) is 0 Å². The lowest BCUT2D eigenvalue weighted by molar-refractivity contribution is -0.0588. The van der Waals surface area contributed by atoms with Gasteiger partial charge in [0.1, 0.15) is 17.2 Å². The van der Waals surface area contributed by atoms with E-state index >= 15 is 0 Å². The van der Waals surface area contributed by atoms with Gasteiger partial charge in [-0.3, -0.25) is 4.98 Å². The van der Waals surface area contributed by atoms with Crippen LogP contribution < -0.4 is 5.73 Å². The number of aliphatic imine (C=N–C) groups is 1. The molecule has 2 aromatic rings. The van der Waals surface area contributed by atoms with E-state index in [1.807, 2.05) is 19.1 Å². The minimum absolute atomic E-state index is 0.0342. The Kier molecular flexibility index (Phi) is 4.44. The van der Waals surface area contributed by atoms with Crippen LogP contribution in [0.4, 0.5) is 8.78 Å². The fraction of sp³-hybridized carbons (Fsp3) is 0.368. The van der Waals surface area contributed by atoms with E-state index in [0.717, 1.165) is 23.1 Å². The van der Waals surface area contributed by atoms with E-state index < -0.39 is 17.2 Å². The Bertz CT molecular complexity index is 876. The van der Waals surface area contributed by atoms with Gasteiger partial charge in [-0.15, -0.1) is 0 Å². The fourth-order valence-electron chi connectivity index (χ4n) is 3.81. The average molecular weight is 375 g/mol. The van der Waals surface area contributed by atoms with Crippen LogP contribution in [0.1, 0.15) is 29.3 Å². The quantitative estimate of drug-likeness (QED) is 0.869. The zero-order valence-electron chi connectivity index (χ0n) is 14.3. The lowest BCUT2D eigenvalue weighted by Crippen LogP contribution is -2.48. The molecule has 3 heterocycles. The molecule has 1 aromatic heterocycles. The van der Waals surface area contributed by atoms with Crippen LogP contribution in [0.2, 0.25) is 0 Å². The number of aryl methyl sites for hydroxylation is 1. The highest BCUT2D eigenvalue weighted by Gasteiger charge is 2.49. The van der Waals surface area contributed by atoms with Crippen LogP contribution in [-0.2, 0) is 10.3 Å². The van der Waals surface area contributed by atoms with Crippen molar-refractivity contribution in [2.75, 3.05) is 12.4 Å². The molecule has 136 valence electrons. The Labute approximate surface area is 154 Å². The summed E-state index contributed by atoms with van der Waals surface area (Å²) in [6.07, 6.45) is 2.35. The largest absolute Gasteiger partial charge is 0.379 e. The van der Waals surface area contributed by atoms with Crippen LogP contribution in [0, 0.1) is 24.5 Å². The van der Waals surface area contributed by atoms with E-state index in [1.165, 1.54) is 23.9 Å². The van der Waals surface area contributed by atoms with E-state index in [9.17, 15) is 8.78 Å². The molecule has 0 spiro atoms. The van der Waals surface area contributed by atoms with Crippen LogP contribution >= 0.6 is 11.8 Å². The van der Waals surface area contributed by atoms with E-state index in [4.69, 9.17) is 10.5 Å². The molecule has 1 saturated heterocycles. The van der Waals surface area contributed by atoms with Crippen LogP contribution in [-0.4, -0.2) is 22.5 Å². The number of thioether (sulfide) groups is 1. The van der Waals surface area contributed by atoms with Gasteiger partial charge in [0.2, 0.25) is 0 Å². The maximum absolute atomic E-state index is 14.6. The molecular weight excluding hydrogens is 356 g/mol. The zero-order chi connectivity index (χ0) is 18.3. The Morgan fingerprint density at radius 2 is 2.12 bits per heavy atom. The maximum atomic E-state index is 14.6. The first-order chi connectivity index (χ1) is 12.5. The predicted molar refractivity (Wildman–Crippen MR) is 97.9 cm³/mol. The Morgan fingerprint density at radius 3 is 2.88 bits per heavy atom. The van der Waals surface area contributed by atoms with E-state index in [1.54, 1.807) is 6.20 Å². The SMILES string of the molecule is Cc1cc(C2CC3CSC(N)=NC3(c3ccc(F)cc3F)CO2)ccn1. The van der Waals surface area contributed by atoms with Gasteiger partial charge in [-0.25, -0.2) is 13.8 Å². The van der Waals surface area contributed by atoms with Gasteiger partial charge in [-0.2, -0.15) is 0 Å². The summed E-state index contributed by atoms with van der Waals surface area (Å²) in [7, 11) is 0. The second-order valence-electron chi connectivity index (χ2n) is 6.77. The highest BCUT2D eigenvalue weighted by molar-refractivity contribution is 8.13. The number of nitrogens with zero attached hydrogens (tertiary/aromatic N) is 2. The van der Waals surface area contributed by atoms with Crippen molar-refractivity contribution in [1.82, 2.24) is 4.98 Å². The fourth-order valence-corrected chi connectivity index (χ4v) is 4.82. The molecule has 0 saturated carbocycles. The number of rotatable bonds is 2. The van der Waals surface area contributed by atoms with Crippen molar-refractivity contribution in [3.05, 3.63) is 65.0 Å². The monoisotopic (exact) mass is 375 g/mol. The number of hydrogen-bond donors (Lipinski definition) is 1. The van der Waals surface area contributed by atoms with Crippen LogP contribution in [0.3, 0.4) is 0 Å². The third-order valence-electron chi connectivity index (χ3n) is 5.11. The number of benzene rings is 1. The van der Waals surface area contributed by atoms with Gasteiger partial charge in [-0.05, 0) is 37.1 Å². The molecule has 1 fully saturated rings. The molecule has 0 amide bonds. The smallest absolute Gasteiger partial charge is 0.154 e. The number of hydrogen-bond acceptors (Lipinski definition) is 5. The van der Waals surface area contributed by atoms with Crippen molar-refractivity contribution in [2.45, 2.75) is 25.0 Å². The molecule has 1 aromatic carbocycles. The van der Waals surface area contributed by atoms with Gasteiger partial charge in [0, 0.05) is 35.2 Å². The number of ether oxygens (including phenoxy) is 1. The molecule has 3 unspecified atom stereocenters. The summed E-state index contributed by atoms with van der Waals surface area (Å²) in [6, 6.07) is 7.56. The highest BCUT2D eigenvalue weighted by atomic mass is 32.2. The minimum Gasteiger partial charge on any atom is -0.379 e. The van der Waals surface area contributed by atoms with Gasteiger partial charge in [0.15, 0.2) is 5.17 Å². The number of aromatic nitrogens is 1. The van der Waals surface area contributed by atoms with Crippen LogP contribution in [0.25, 0.3) is 0 Å². The Hall–Kier alpha value is -1.99. The molecule has 0 bridgehead atoms. The van der Waals surface area contributed by atoms with Crippen LogP contribution in [0.15, 0.2) is 41.5 Å². The average Bonchev–Trinajstić information content (AvgIpc) is 2.61. The number of amidine groups is 1. The molecule has 0 radical (unpaired) electrons. The van der Waals surface area contributed by atoms with Crippen molar-refractivity contribution >= 4 is 16.9 Å². The van der Waals surface area contributed by atoms with Crippen molar-refractivity contribution < 1.29 is 13.5 Å². The van der Waals surface area contributed by atoms with E-state index in [2.05, 4.69) is 9.98 Å². The third kappa shape index (κ3) is 2.99. The number of pyridine rings is 1. The Balaban J connectivity index is 1.72. The van der Waals surface area contributed by atoms with Gasteiger partial charge in [-0.1, -0.05) is 17.8 Å². The number of nitrogens with two attached hydrogens (primary N) is 1. The van der Waals surface area contributed by atoms with E-state index in [0.29, 0.717) is 17.2 Å². The topological polar surface area (TPSA) is 60.5 Å². The summed E-state index contributed by atoms with van der Waals surface area (Å²) in [6.45, 7) is 2.14. The summed E-state index contributed by atoms with van der Waals surface area (Å²) < 4.78 is 34.1. The number of halogens is 2. The van der Waals surface area contributed by atoms with Crippen molar-refractivity contribution in [2.24, 2.45) is 16.6 Å². The summed E-state index contributed by atoms with van der Waals surface area (Å²) in [5, 5.41) is 0.409. The molecule has 2 N–H and O–H groups in total. The first-order valence-electron chi connectivity index (χ1n) is 8.46. The number of fused-ring (bicyclic) bond motifs is 1. The third-order valence-corrected chi connectivity index (χ3v) is 6.07. The lowest BCUT2D eigenvalue weighted by atomic mass is 9.74.